The second kappa shape index (κ2) is 6.71. The monoisotopic (exact) mass is 334 g/mol. The fourth-order valence-electron chi connectivity index (χ4n) is 3.72. The van der Waals surface area contributed by atoms with E-state index in [-0.39, 0.29) is 12.1 Å². The molecule has 25 heavy (non-hydrogen) atoms. The summed E-state index contributed by atoms with van der Waals surface area (Å²) in [6, 6.07) is 14.8. The van der Waals surface area contributed by atoms with Crippen molar-refractivity contribution in [3.8, 4) is 0 Å². The lowest BCUT2D eigenvalue weighted by atomic mass is 10.0. The molecule has 0 aromatic heterocycles. The Hall–Kier alpha value is -2.62. The molecule has 0 spiro atoms. The largest absolute Gasteiger partial charge is 0.458 e. The summed E-state index contributed by atoms with van der Waals surface area (Å²) in [5.74, 6) is -0.223. The minimum absolute atomic E-state index is 0.121. The summed E-state index contributed by atoms with van der Waals surface area (Å²) >= 11 is 0. The predicted molar refractivity (Wildman–Crippen MR) is 98.0 cm³/mol. The number of nitrogens with zero attached hydrogens (tertiary/aromatic N) is 2. The highest BCUT2D eigenvalue weighted by molar-refractivity contribution is 5.67. The first-order chi connectivity index (χ1) is 12.2. The van der Waals surface area contributed by atoms with E-state index in [2.05, 4.69) is 46.3 Å². The van der Waals surface area contributed by atoms with Gasteiger partial charge in [0.2, 0.25) is 0 Å². The molecule has 128 valence electrons. The Morgan fingerprint density at radius 3 is 2.84 bits per heavy atom. The molecule has 4 heteroatoms. The number of ether oxygens (including phenoxy) is 1. The number of hydrogen-bond donors (Lipinski definition) is 0. The molecular weight excluding hydrogens is 312 g/mol. The van der Waals surface area contributed by atoms with Gasteiger partial charge in [-0.1, -0.05) is 30.3 Å². The van der Waals surface area contributed by atoms with Crippen molar-refractivity contribution in [3.63, 3.8) is 0 Å². The van der Waals surface area contributed by atoms with Crippen LogP contribution in [0.1, 0.15) is 41.7 Å². The molecule has 0 amide bonds. The van der Waals surface area contributed by atoms with Gasteiger partial charge in [-0.05, 0) is 53.6 Å². The fraction of sp³-hybridized carbons (Fsp3) is 0.333. The van der Waals surface area contributed by atoms with Crippen LogP contribution in [0.3, 0.4) is 0 Å². The van der Waals surface area contributed by atoms with Crippen molar-refractivity contribution in [2.75, 3.05) is 6.54 Å². The molecule has 0 N–H and O–H groups in total. The maximum atomic E-state index is 11.3. The Labute approximate surface area is 148 Å². The number of esters is 1. The number of benzene rings is 2. The van der Waals surface area contributed by atoms with Gasteiger partial charge in [0, 0.05) is 20.0 Å². The summed E-state index contributed by atoms with van der Waals surface area (Å²) in [5, 5.41) is 0. The van der Waals surface area contributed by atoms with Crippen LogP contribution in [0.2, 0.25) is 0 Å². The first-order valence-corrected chi connectivity index (χ1v) is 8.84. The van der Waals surface area contributed by atoms with Gasteiger partial charge >= 0.3 is 5.97 Å². The van der Waals surface area contributed by atoms with Crippen molar-refractivity contribution in [2.24, 2.45) is 4.99 Å². The highest BCUT2D eigenvalue weighted by Crippen LogP contribution is 2.36. The van der Waals surface area contributed by atoms with Crippen LogP contribution in [0.4, 0.5) is 5.69 Å². The number of carbonyl (C=O) groups is 1. The lowest BCUT2D eigenvalue weighted by Crippen LogP contribution is -2.29. The van der Waals surface area contributed by atoms with E-state index in [9.17, 15) is 4.79 Å². The zero-order valence-corrected chi connectivity index (χ0v) is 14.4. The molecule has 2 aromatic carbocycles. The lowest BCUT2D eigenvalue weighted by molar-refractivity contribution is -0.146. The third-order valence-electron chi connectivity index (χ3n) is 4.99. The minimum atomic E-state index is -0.223. The predicted octanol–water partition coefficient (Wildman–Crippen LogP) is 3.96. The van der Waals surface area contributed by atoms with Crippen molar-refractivity contribution >= 4 is 18.0 Å². The summed E-state index contributed by atoms with van der Waals surface area (Å²) in [6.07, 6.45) is 4.70. The maximum Gasteiger partial charge on any atom is 0.303 e. The average Bonchev–Trinajstić information content (AvgIpc) is 3.01. The molecule has 2 aliphatic rings. The number of hydrogen-bond acceptors (Lipinski definition) is 3. The molecule has 0 fully saturated rings. The number of carbonyl (C=O) groups excluding carboxylic acids is 1. The van der Waals surface area contributed by atoms with Crippen LogP contribution in [0.25, 0.3) is 0 Å². The molecule has 1 atom stereocenters. The van der Waals surface area contributed by atoms with Crippen LogP contribution in [0, 0.1) is 0 Å². The van der Waals surface area contributed by atoms with E-state index in [0.29, 0.717) is 0 Å². The summed E-state index contributed by atoms with van der Waals surface area (Å²) < 4.78 is 5.42. The van der Waals surface area contributed by atoms with Crippen molar-refractivity contribution in [1.29, 1.82) is 0 Å². The van der Waals surface area contributed by atoms with Crippen LogP contribution in [0.15, 0.2) is 47.5 Å². The van der Waals surface area contributed by atoms with Crippen molar-refractivity contribution in [2.45, 2.75) is 38.8 Å². The zero-order valence-electron chi connectivity index (χ0n) is 14.4. The Morgan fingerprint density at radius 1 is 1.16 bits per heavy atom. The Bertz CT molecular complexity index is 828. The highest BCUT2D eigenvalue weighted by atomic mass is 16.5. The smallest absolute Gasteiger partial charge is 0.303 e. The van der Waals surface area contributed by atoms with Crippen LogP contribution in [-0.4, -0.2) is 23.8 Å². The van der Waals surface area contributed by atoms with Gasteiger partial charge < -0.3 is 9.64 Å². The number of rotatable bonds is 3. The molecule has 4 nitrogen and oxygen atoms in total. The summed E-state index contributed by atoms with van der Waals surface area (Å²) in [4.78, 5) is 18.2. The van der Waals surface area contributed by atoms with Gasteiger partial charge in [-0.15, -0.1) is 0 Å². The Kier molecular flexibility index (Phi) is 4.26. The van der Waals surface area contributed by atoms with Crippen molar-refractivity contribution < 1.29 is 9.53 Å². The maximum absolute atomic E-state index is 11.3. The molecule has 2 aromatic rings. The topological polar surface area (TPSA) is 41.9 Å². The fourth-order valence-corrected chi connectivity index (χ4v) is 3.72. The van der Waals surface area contributed by atoms with E-state index < -0.39 is 0 Å². The van der Waals surface area contributed by atoms with E-state index in [0.717, 1.165) is 43.6 Å². The molecule has 0 saturated heterocycles. The molecule has 1 heterocycles. The van der Waals surface area contributed by atoms with Gasteiger partial charge in [0.25, 0.3) is 0 Å². The van der Waals surface area contributed by atoms with E-state index >= 15 is 0 Å². The number of fused-ring (bicyclic) bond motifs is 2. The molecule has 0 radical (unpaired) electrons. The average molecular weight is 334 g/mol. The molecule has 1 aliphatic carbocycles. The number of aliphatic imine (C=N–C) groups is 1. The summed E-state index contributed by atoms with van der Waals surface area (Å²) in [5.41, 5.74) is 6.10. The van der Waals surface area contributed by atoms with Crippen LogP contribution in [0.5, 0.6) is 0 Å². The molecular formula is C21H22N2O2. The first kappa shape index (κ1) is 15.9. The standard InChI is InChI=1S/C21H22N2O2/c1-15(24)25-21-9-7-17-6-8-19(12-20(17)21)22-14-23-11-10-16-4-2-3-5-18(16)13-23/h2-6,8,12,14,21H,7,9-11,13H2,1H3. The zero-order chi connectivity index (χ0) is 17.2. The quantitative estimate of drug-likeness (QED) is 0.485. The van der Waals surface area contributed by atoms with Gasteiger partial charge in [-0.2, -0.15) is 0 Å². The molecule has 0 saturated carbocycles. The van der Waals surface area contributed by atoms with Gasteiger partial charge in [-0.25, -0.2) is 4.99 Å². The normalized spacial score (nSPS) is 18.9. The third-order valence-corrected chi connectivity index (χ3v) is 4.99. The van der Waals surface area contributed by atoms with Gasteiger partial charge in [0.15, 0.2) is 0 Å². The molecule has 1 unspecified atom stereocenters. The second-order valence-corrected chi connectivity index (χ2v) is 6.75. The highest BCUT2D eigenvalue weighted by Gasteiger charge is 2.25. The summed E-state index contributed by atoms with van der Waals surface area (Å²) in [7, 11) is 0. The molecule has 4 rings (SSSR count). The minimum Gasteiger partial charge on any atom is -0.458 e. The van der Waals surface area contributed by atoms with Gasteiger partial charge in [-0.3, -0.25) is 4.79 Å². The number of aryl methyl sites for hydroxylation is 1. The van der Waals surface area contributed by atoms with Crippen molar-refractivity contribution in [3.05, 3.63) is 64.7 Å². The van der Waals surface area contributed by atoms with Gasteiger partial charge in [0.05, 0.1) is 12.0 Å². The van der Waals surface area contributed by atoms with E-state index in [4.69, 9.17) is 4.74 Å². The van der Waals surface area contributed by atoms with Gasteiger partial charge in [0.1, 0.15) is 6.10 Å². The Morgan fingerprint density at radius 2 is 2.00 bits per heavy atom. The second-order valence-electron chi connectivity index (χ2n) is 6.75. The van der Waals surface area contributed by atoms with Crippen LogP contribution in [-0.2, 0) is 28.9 Å². The SMILES string of the molecule is CC(=O)OC1CCc2ccc(N=CN3CCc4ccccc4C3)cc21. The lowest BCUT2D eigenvalue weighted by Gasteiger charge is -2.26. The van der Waals surface area contributed by atoms with Crippen molar-refractivity contribution in [1.82, 2.24) is 4.90 Å². The first-order valence-electron chi connectivity index (χ1n) is 8.84. The van der Waals surface area contributed by atoms with Crippen LogP contribution < -0.4 is 0 Å². The third kappa shape index (κ3) is 3.43. The van der Waals surface area contributed by atoms with E-state index in [1.807, 2.05) is 12.4 Å². The van der Waals surface area contributed by atoms with Crippen LogP contribution >= 0.6 is 0 Å². The summed E-state index contributed by atoms with van der Waals surface area (Å²) in [6.45, 7) is 3.36. The van der Waals surface area contributed by atoms with E-state index in [1.54, 1.807) is 0 Å². The van der Waals surface area contributed by atoms with E-state index in [1.165, 1.54) is 23.6 Å². The Balaban J connectivity index is 1.48. The molecule has 0 bridgehead atoms. The molecule has 1 aliphatic heterocycles.